The number of hydrogen-bond acceptors (Lipinski definition) is 6. The predicted molar refractivity (Wildman–Crippen MR) is 104 cm³/mol. The largest absolute Gasteiger partial charge is 0.355 e. The summed E-state index contributed by atoms with van der Waals surface area (Å²) in [6, 6.07) is 10.1. The first-order valence-electron chi connectivity index (χ1n) is 9.06. The molecule has 7 heteroatoms. The van der Waals surface area contributed by atoms with Crippen molar-refractivity contribution in [3.05, 3.63) is 52.5 Å². The van der Waals surface area contributed by atoms with Crippen molar-refractivity contribution in [3.63, 3.8) is 0 Å². The molecule has 1 amide bonds. The van der Waals surface area contributed by atoms with E-state index in [-0.39, 0.29) is 11.7 Å². The molecule has 1 aromatic heterocycles. The van der Waals surface area contributed by atoms with Gasteiger partial charge in [-0.25, -0.2) is 9.97 Å². The van der Waals surface area contributed by atoms with Gasteiger partial charge in [0.1, 0.15) is 5.82 Å². The van der Waals surface area contributed by atoms with E-state index >= 15 is 0 Å². The molecule has 7 nitrogen and oxygen atoms in total. The molecule has 1 aliphatic rings. The van der Waals surface area contributed by atoms with Crippen LogP contribution in [0.1, 0.15) is 39.4 Å². The Balaban J connectivity index is 1.68. The molecular weight excluding hydrogens is 340 g/mol. The summed E-state index contributed by atoms with van der Waals surface area (Å²) in [5.41, 5.74) is 3.60. The highest BCUT2D eigenvalue weighted by atomic mass is 16.2. The van der Waals surface area contributed by atoms with Crippen molar-refractivity contribution in [2.45, 2.75) is 32.9 Å². The van der Waals surface area contributed by atoms with Gasteiger partial charge in [0.25, 0.3) is 5.91 Å². The number of nitrogens with zero attached hydrogens (tertiary/aromatic N) is 4. The quantitative estimate of drug-likeness (QED) is 0.839. The molecule has 0 radical (unpaired) electrons. The molecule has 1 atom stereocenters. The lowest BCUT2D eigenvalue weighted by Crippen LogP contribution is -2.33. The molecule has 0 saturated carbocycles. The minimum Gasteiger partial charge on any atom is -0.355 e. The lowest BCUT2D eigenvalue weighted by molar-refractivity contribution is 0.0952. The summed E-state index contributed by atoms with van der Waals surface area (Å²) in [6.07, 6.45) is 0.996. The van der Waals surface area contributed by atoms with Crippen LogP contribution in [-0.4, -0.2) is 42.1 Å². The van der Waals surface area contributed by atoms with Crippen molar-refractivity contribution in [3.8, 4) is 6.07 Å². The molecule has 0 unspecified atom stereocenters. The Labute approximate surface area is 159 Å². The highest BCUT2D eigenvalue weighted by Crippen LogP contribution is 2.24. The van der Waals surface area contributed by atoms with Crippen LogP contribution in [0.25, 0.3) is 0 Å². The molecule has 0 spiro atoms. The summed E-state index contributed by atoms with van der Waals surface area (Å²) >= 11 is 0. The van der Waals surface area contributed by atoms with Gasteiger partial charge in [0.05, 0.1) is 11.6 Å². The number of hydrogen-bond donors (Lipinski definition) is 2. The van der Waals surface area contributed by atoms with Gasteiger partial charge in [-0.3, -0.25) is 4.79 Å². The first-order chi connectivity index (χ1) is 13.0. The van der Waals surface area contributed by atoms with E-state index in [2.05, 4.69) is 31.6 Å². The number of benzene rings is 1. The predicted octanol–water partition coefficient (Wildman–Crippen LogP) is 1.69. The third-order valence-electron chi connectivity index (χ3n) is 4.93. The van der Waals surface area contributed by atoms with Crippen LogP contribution in [0.5, 0.6) is 0 Å². The van der Waals surface area contributed by atoms with Crippen LogP contribution >= 0.6 is 0 Å². The van der Waals surface area contributed by atoms with Crippen LogP contribution in [-0.2, 0) is 6.54 Å². The van der Waals surface area contributed by atoms with E-state index in [1.807, 2.05) is 38.1 Å². The standard InChI is InChI=1S/C20H24N6O/c1-13-14(2)24-18(20(27)22-3)25-19(13)26-8-7-17(12-26)23-11-16-6-4-5-15(9-16)10-21/h4-6,9,17,23H,7-8,11-12H2,1-3H3,(H,22,27)/t17-/m1/s1. The van der Waals surface area contributed by atoms with Crippen molar-refractivity contribution in [1.29, 1.82) is 5.26 Å². The van der Waals surface area contributed by atoms with Gasteiger partial charge in [-0.15, -0.1) is 0 Å². The van der Waals surface area contributed by atoms with Gasteiger partial charge in [-0.2, -0.15) is 5.26 Å². The van der Waals surface area contributed by atoms with E-state index in [0.717, 1.165) is 48.7 Å². The van der Waals surface area contributed by atoms with Gasteiger partial charge in [-0.05, 0) is 38.0 Å². The minimum atomic E-state index is -0.273. The fraction of sp³-hybridized carbons (Fsp3) is 0.400. The zero-order valence-corrected chi connectivity index (χ0v) is 15.9. The second-order valence-electron chi connectivity index (χ2n) is 6.79. The van der Waals surface area contributed by atoms with E-state index in [1.54, 1.807) is 7.05 Å². The molecule has 3 rings (SSSR count). The van der Waals surface area contributed by atoms with Crippen LogP contribution in [0.2, 0.25) is 0 Å². The zero-order valence-electron chi connectivity index (χ0n) is 15.9. The highest BCUT2D eigenvalue weighted by molar-refractivity contribution is 5.90. The Morgan fingerprint density at radius 3 is 2.93 bits per heavy atom. The molecule has 2 N–H and O–H groups in total. The van der Waals surface area contributed by atoms with Crippen LogP contribution < -0.4 is 15.5 Å². The number of carbonyl (C=O) groups is 1. The van der Waals surface area contributed by atoms with Crippen molar-refractivity contribution >= 4 is 11.7 Å². The Bertz CT molecular complexity index is 889. The van der Waals surface area contributed by atoms with Crippen molar-refractivity contribution in [2.75, 3.05) is 25.0 Å². The monoisotopic (exact) mass is 364 g/mol. The normalized spacial score (nSPS) is 16.2. The highest BCUT2D eigenvalue weighted by Gasteiger charge is 2.26. The lowest BCUT2D eigenvalue weighted by atomic mass is 10.1. The molecule has 27 heavy (non-hydrogen) atoms. The molecule has 1 aliphatic heterocycles. The average molecular weight is 364 g/mol. The SMILES string of the molecule is CNC(=O)c1nc(C)c(C)c(N2CC[C@@H](NCc3cccc(C#N)c3)C2)n1. The fourth-order valence-electron chi connectivity index (χ4n) is 3.27. The van der Waals surface area contributed by atoms with E-state index in [9.17, 15) is 4.79 Å². The Morgan fingerprint density at radius 1 is 1.37 bits per heavy atom. The third kappa shape index (κ3) is 4.23. The molecular formula is C20H24N6O. The van der Waals surface area contributed by atoms with E-state index < -0.39 is 0 Å². The minimum absolute atomic E-state index is 0.209. The fourth-order valence-corrected chi connectivity index (χ4v) is 3.27. The zero-order chi connectivity index (χ0) is 19.4. The number of rotatable bonds is 5. The number of anilines is 1. The van der Waals surface area contributed by atoms with Crippen molar-refractivity contribution in [2.24, 2.45) is 0 Å². The summed E-state index contributed by atoms with van der Waals surface area (Å²) < 4.78 is 0. The number of nitriles is 1. The van der Waals surface area contributed by atoms with E-state index in [0.29, 0.717) is 11.6 Å². The summed E-state index contributed by atoms with van der Waals surface area (Å²) in [5.74, 6) is 0.766. The first-order valence-corrected chi connectivity index (χ1v) is 9.06. The van der Waals surface area contributed by atoms with Crippen molar-refractivity contribution in [1.82, 2.24) is 20.6 Å². The molecule has 2 heterocycles. The molecule has 0 bridgehead atoms. The van der Waals surface area contributed by atoms with E-state index in [4.69, 9.17) is 5.26 Å². The molecule has 1 aromatic carbocycles. The van der Waals surface area contributed by atoms with Crippen LogP contribution in [0.15, 0.2) is 24.3 Å². The number of amides is 1. The summed E-state index contributed by atoms with van der Waals surface area (Å²) in [5, 5.41) is 15.2. The van der Waals surface area contributed by atoms with Gasteiger partial charge in [0.2, 0.25) is 5.82 Å². The summed E-state index contributed by atoms with van der Waals surface area (Å²) in [6.45, 7) is 6.31. The lowest BCUT2D eigenvalue weighted by Gasteiger charge is -2.21. The smallest absolute Gasteiger partial charge is 0.288 e. The van der Waals surface area contributed by atoms with Crippen LogP contribution in [0, 0.1) is 25.2 Å². The number of nitrogens with one attached hydrogen (secondary N) is 2. The Hall–Kier alpha value is -2.98. The number of aromatic nitrogens is 2. The van der Waals surface area contributed by atoms with Crippen molar-refractivity contribution < 1.29 is 4.79 Å². The van der Waals surface area contributed by atoms with Crippen LogP contribution in [0.3, 0.4) is 0 Å². The maximum Gasteiger partial charge on any atom is 0.288 e. The molecule has 2 aromatic rings. The van der Waals surface area contributed by atoms with Gasteiger partial charge in [-0.1, -0.05) is 12.1 Å². The van der Waals surface area contributed by atoms with Gasteiger partial charge in [0.15, 0.2) is 0 Å². The Kier molecular flexibility index (Phi) is 5.67. The maximum atomic E-state index is 11.9. The Morgan fingerprint density at radius 2 is 2.19 bits per heavy atom. The van der Waals surface area contributed by atoms with Gasteiger partial charge >= 0.3 is 0 Å². The van der Waals surface area contributed by atoms with E-state index in [1.165, 1.54) is 0 Å². The second kappa shape index (κ2) is 8.14. The average Bonchev–Trinajstić information content (AvgIpc) is 3.16. The van der Waals surface area contributed by atoms with Gasteiger partial charge < -0.3 is 15.5 Å². The van der Waals surface area contributed by atoms with Crippen LogP contribution in [0.4, 0.5) is 5.82 Å². The molecule has 140 valence electrons. The second-order valence-corrected chi connectivity index (χ2v) is 6.79. The maximum absolute atomic E-state index is 11.9. The summed E-state index contributed by atoms with van der Waals surface area (Å²) in [7, 11) is 1.58. The topological polar surface area (TPSA) is 93.9 Å². The first kappa shape index (κ1) is 18.8. The summed E-state index contributed by atoms with van der Waals surface area (Å²) in [4.78, 5) is 22.9. The third-order valence-corrected chi connectivity index (χ3v) is 4.93. The molecule has 1 fully saturated rings. The number of aryl methyl sites for hydroxylation is 1. The number of carbonyl (C=O) groups excluding carboxylic acids is 1. The van der Waals surface area contributed by atoms with Gasteiger partial charge in [0, 0.05) is 44.0 Å². The molecule has 0 aliphatic carbocycles. The molecule has 1 saturated heterocycles.